The van der Waals surface area contributed by atoms with Gasteiger partial charge in [-0.25, -0.2) is 0 Å². The molecule has 2 aliphatic rings. The Morgan fingerprint density at radius 2 is 1.81 bits per heavy atom. The predicted molar refractivity (Wildman–Crippen MR) is 85.5 cm³/mol. The van der Waals surface area contributed by atoms with Crippen molar-refractivity contribution in [2.24, 2.45) is 5.92 Å². The first kappa shape index (κ1) is 18.2. The maximum Gasteiger partial charge on any atom is 0.239 e. The molecule has 5 nitrogen and oxygen atoms in total. The van der Waals surface area contributed by atoms with Crippen LogP contribution in [0.3, 0.4) is 0 Å². The van der Waals surface area contributed by atoms with E-state index in [2.05, 4.69) is 10.6 Å². The van der Waals surface area contributed by atoms with Gasteiger partial charge in [-0.1, -0.05) is 20.3 Å². The van der Waals surface area contributed by atoms with Crippen molar-refractivity contribution in [3.8, 4) is 0 Å². The number of nitrogens with one attached hydrogen (secondary N) is 2. The van der Waals surface area contributed by atoms with Gasteiger partial charge in [0.2, 0.25) is 11.8 Å². The van der Waals surface area contributed by atoms with Gasteiger partial charge in [0.1, 0.15) is 0 Å². The second-order valence-corrected chi connectivity index (χ2v) is 6.27. The Hall–Kier alpha value is -0.810. The van der Waals surface area contributed by atoms with Gasteiger partial charge >= 0.3 is 0 Å². The van der Waals surface area contributed by atoms with Crippen molar-refractivity contribution in [2.75, 3.05) is 19.6 Å². The zero-order valence-corrected chi connectivity index (χ0v) is 13.9. The molecule has 0 aromatic carbocycles. The number of piperidine rings is 2. The summed E-state index contributed by atoms with van der Waals surface area (Å²) in [7, 11) is 0. The summed E-state index contributed by atoms with van der Waals surface area (Å²) < 4.78 is 0. The molecule has 2 amide bonds. The lowest BCUT2D eigenvalue weighted by Gasteiger charge is -2.35. The third-order valence-corrected chi connectivity index (χ3v) is 4.29. The Bertz CT molecular complexity index is 349. The molecule has 0 bridgehead atoms. The summed E-state index contributed by atoms with van der Waals surface area (Å²) in [5.41, 5.74) is 0. The van der Waals surface area contributed by atoms with Crippen molar-refractivity contribution in [1.29, 1.82) is 0 Å². The molecule has 2 fully saturated rings. The van der Waals surface area contributed by atoms with Gasteiger partial charge in [-0.05, 0) is 32.2 Å². The highest BCUT2D eigenvalue weighted by atomic mass is 35.5. The molecule has 0 radical (unpaired) electrons. The minimum absolute atomic E-state index is 0. The molecule has 0 spiro atoms. The molecular weight excluding hydrogens is 290 g/mol. The van der Waals surface area contributed by atoms with Crippen LogP contribution in [0.25, 0.3) is 0 Å². The number of hydrogen-bond acceptors (Lipinski definition) is 3. The van der Waals surface area contributed by atoms with E-state index in [0.29, 0.717) is 0 Å². The molecule has 1 unspecified atom stereocenters. The molecule has 1 atom stereocenters. The molecule has 0 saturated carbocycles. The molecule has 2 rings (SSSR count). The number of nitrogens with zero attached hydrogens (tertiary/aromatic N) is 1. The minimum atomic E-state index is 0. The summed E-state index contributed by atoms with van der Waals surface area (Å²) in [4.78, 5) is 26.0. The van der Waals surface area contributed by atoms with Crippen LogP contribution in [0.2, 0.25) is 0 Å². The van der Waals surface area contributed by atoms with Gasteiger partial charge < -0.3 is 15.5 Å². The fourth-order valence-corrected chi connectivity index (χ4v) is 2.90. The summed E-state index contributed by atoms with van der Waals surface area (Å²) in [5, 5.41) is 6.38. The zero-order chi connectivity index (χ0) is 14.5. The topological polar surface area (TPSA) is 61.4 Å². The van der Waals surface area contributed by atoms with E-state index in [0.717, 1.165) is 45.3 Å². The van der Waals surface area contributed by atoms with E-state index >= 15 is 0 Å². The highest BCUT2D eigenvalue weighted by Crippen LogP contribution is 2.15. The average Bonchev–Trinajstić information content (AvgIpc) is 2.48. The van der Waals surface area contributed by atoms with Crippen LogP contribution >= 0.6 is 12.4 Å². The van der Waals surface area contributed by atoms with E-state index in [1.54, 1.807) is 0 Å². The molecule has 2 heterocycles. The summed E-state index contributed by atoms with van der Waals surface area (Å²) in [5.74, 6) is 0.392. The molecule has 2 N–H and O–H groups in total. The van der Waals surface area contributed by atoms with Crippen molar-refractivity contribution in [3.63, 3.8) is 0 Å². The lowest BCUT2D eigenvalue weighted by molar-refractivity contribution is -0.135. The van der Waals surface area contributed by atoms with Gasteiger partial charge in [-0.2, -0.15) is 0 Å². The van der Waals surface area contributed by atoms with Crippen LogP contribution < -0.4 is 10.6 Å². The molecule has 0 aromatic heterocycles. The predicted octanol–water partition coefficient (Wildman–Crippen LogP) is 1.31. The summed E-state index contributed by atoms with van der Waals surface area (Å²) >= 11 is 0. The maximum absolute atomic E-state index is 12.4. The number of carbonyl (C=O) groups excluding carboxylic acids is 2. The van der Waals surface area contributed by atoms with Crippen molar-refractivity contribution in [3.05, 3.63) is 0 Å². The molecule has 0 aromatic rings. The van der Waals surface area contributed by atoms with E-state index in [9.17, 15) is 9.59 Å². The number of carbonyl (C=O) groups is 2. The quantitative estimate of drug-likeness (QED) is 0.825. The summed E-state index contributed by atoms with van der Waals surface area (Å²) in [6, 6.07) is 0.249. The van der Waals surface area contributed by atoms with Crippen LogP contribution in [0, 0.1) is 5.92 Å². The number of likely N-dealkylation sites (tertiary alicyclic amines) is 1. The molecule has 6 heteroatoms. The number of hydrogen-bond donors (Lipinski definition) is 2. The fourth-order valence-electron chi connectivity index (χ4n) is 2.90. The number of rotatable bonds is 3. The molecule has 21 heavy (non-hydrogen) atoms. The van der Waals surface area contributed by atoms with E-state index < -0.39 is 0 Å². The molecule has 122 valence electrons. The summed E-state index contributed by atoms with van der Waals surface area (Å²) in [6.45, 7) is 6.29. The largest absolute Gasteiger partial charge is 0.353 e. The smallest absolute Gasteiger partial charge is 0.239 e. The lowest BCUT2D eigenvalue weighted by atomic mass is 10.00. The highest BCUT2D eigenvalue weighted by molar-refractivity contribution is 5.85. The summed E-state index contributed by atoms with van der Waals surface area (Å²) in [6.07, 6.45) is 5.02. The second kappa shape index (κ2) is 8.59. The van der Waals surface area contributed by atoms with Crippen LogP contribution in [0.15, 0.2) is 0 Å². The number of amides is 2. The standard InChI is InChI=1S/C15H27N3O2.ClH/c1-11(2)14(19)17-12-6-9-18(10-7-12)15(20)13-5-3-4-8-16-13;/h11-13,16H,3-10H2,1-2H3,(H,17,19);1H. The van der Waals surface area contributed by atoms with Crippen molar-refractivity contribution in [1.82, 2.24) is 15.5 Å². The average molecular weight is 318 g/mol. The Morgan fingerprint density at radius 1 is 1.14 bits per heavy atom. The van der Waals surface area contributed by atoms with Crippen molar-refractivity contribution < 1.29 is 9.59 Å². The zero-order valence-electron chi connectivity index (χ0n) is 13.1. The van der Waals surface area contributed by atoms with Crippen molar-refractivity contribution in [2.45, 2.75) is 58.0 Å². The lowest BCUT2D eigenvalue weighted by Crippen LogP contribution is -2.53. The maximum atomic E-state index is 12.4. The SMILES string of the molecule is CC(C)C(=O)NC1CCN(C(=O)C2CCCCN2)CC1.Cl. The second-order valence-electron chi connectivity index (χ2n) is 6.27. The molecule has 2 aliphatic heterocycles. The third kappa shape index (κ3) is 5.15. The Balaban J connectivity index is 0.00000220. The van der Waals surface area contributed by atoms with Crippen LogP contribution in [-0.4, -0.2) is 48.4 Å². The normalized spacial score (nSPS) is 23.6. The van der Waals surface area contributed by atoms with Crippen LogP contribution in [0.4, 0.5) is 0 Å². The van der Waals surface area contributed by atoms with Gasteiger partial charge in [0.15, 0.2) is 0 Å². The van der Waals surface area contributed by atoms with E-state index in [-0.39, 0.29) is 42.2 Å². The van der Waals surface area contributed by atoms with Gasteiger partial charge in [-0.15, -0.1) is 12.4 Å². The third-order valence-electron chi connectivity index (χ3n) is 4.29. The minimum Gasteiger partial charge on any atom is -0.353 e. The van der Waals surface area contributed by atoms with Crippen LogP contribution in [-0.2, 0) is 9.59 Å². The van der Waals surface area contributed by atoms with Crippen LogP contribution in [0.1, 0.15) is 46.0 Å². The first-order valence-electron chi connectivity index (χ1n) is 7.90. The Morgan fingerprint density at radius 3 is 2.33 bits per heavy atom. The Labute approximate surface area is 133 Å². The first-order valence-corrected chi connectivity index (χ1v) is 7.90. The monoisotopic (exact) mass is 317 g/mol. The molecule has 0 aliphatic carbocycles. The van der Waals surface area contributed by atoms with Crippen molar-refractivity contribution >= 4 is 24.2 Å². The highest BCUT2D eigenvalue weighted by Gasteiger charge is 2.29. The first-order chi connectivity index (χ1) is 9.58. The van der Waals surface area contributed by atoms with Gasteiger partial charge in [-0.3, -0.25) is 9.59 Å². The van der Waals surface area contributed by atoms with Crippen LogP contribution in [0.5, 0.6) is 0 Å². The van der Waals surface area contributed by atoms with Gasteiger partial charge in [0, 0.05) is 25.0 Å². The van der Waals surface area contributed by atoms with E-state index in [4.69, 9.17) is 0 Å². The molecular formula is C15H28ClN3O2. The van der Waals surface area contributed by atoms with E-state index in [1.165, 1.54) is 6.42 Å². The molecule has 2 saturated heterocycles. The van der Waals surface area contributed by atoms with Gasteiger partial charge in [0.05, 0.1) is 6.04 Å². The Kier molecular flexibility index (Phi) is 7.46. The fraction of sp³-hybridized carbons (Fsp3) is 0.867. The number of halogens is 1. The van der Waals surface area contributed by atoms with Gasteiger partial charge in [0.25, 0.3) is 0 Å². The van der Waals surface area contributed by atoms with E-state index in [1.807, 2.05) is 18.7 Å².